The first-order valence-corrected chi connectivity index (χ1v) is 10.5. The zero-order chi connectivity index (χ0) is 20.2. The summed E-state index contributed by atoms with van der Waals surface area (Å²) in [5.74, 6) is 0. The fourth-order valence-corrected chi connectivity index (χ4v) is 4.88. The fourth-order valence-electron chi connectivity index (χ4n) is 4.88. The van der Waals surface area contributed by atoms with E-state index in [-0.39, 0.29) is 0 Å². The Labute approximate surface area is 177 Å². The Bertz CT molecular complexity index is 1350. The number of rotatable bonds is 2. The predicted molar refractivity (Wildman–Crippen MR) is 129 cm³/mol. The van der Waals surface area contributed by atoms with Crippen LogP contribution < -0.4 is 0 Å². The maximum absolute atomic E-state index is 2.37. The lowest BCUT2D eigenvalue weighted by molar-refractivity contribution is 1.47. The molecular formula is C30H22. The molecule has 0 amide bonds. The molecule has 0 unspecified atom stereocenters. The molecule has 5 aromatic carbocycles. The van der Waals surface area contributed by atoms with Gasteiger partial charge in [-0.05, 0) is 93.4 Å². The van der Waals surface area contributed by atoms with Crippen LogP contribution in [0.15, 0.2) is 97.1 Å². The van der Waals surface area contributed by atoms with Gasteiger partial charge in [-0.3, -0.25) is 0 Å². The molecule has 6 rings (SSSR count). The number of hydrogen-bond donors (Lipinski definition) is 0. The predicted octanol–water partition coefficient (Wildman–Crippen LogP) is 8.44. The Kier molecular flexibility index (Phi) is 3.70. The van der Waals surface area contributed by atoms with Crippen LogP contribution in [0.2, 0.25) is 0 Å². The molecule has 0 spiro atoms. The second-order valence-electron chi connectivity index (χ2n) is 8.43. The number of benzene rings is 5. The minimum Gasteiger partial charge on any atom is -0.0616 e. The minimum absolute atomic E-state index is 1.28. The first-order valence-electron chi connectivity index (χ1n) is 10.5. The van der Waals surface area contributed by atoms with E-state index in [9.17, 15) is 0 Å². The van der Waals surface area contributed by atoms with E-state index >= 15 is 0 Å². The van der Waals surface area contributed by atoms with Crippen LogP contribution in [0.1, 0.15) is 11.1 Å². The van der Waals surface area contributed by atoms with Crippen LogP contribution in [0.5, 0.6) is 0 Å². The zero-order valence-corrected chi connectivity index (χ0v) is 17.2. The molecule has 0 aliphatic heterocycles. The molecule has 0 N–H and O–H groups in total. The quantitative estimate of drug-likeness (QED) is 0.282. The third-order valence-electron chi connectivity index (χ3n) is 6.26. The van der Waals surface area contributed by atoms with Gasteiger partial charge < -0.3 is 0 Å². The van der Waals surface area contributed by atoms with E-state index in [0.717, 1.165) is 0 Å². The van der Waals surface area contributed by atoms with Crippen molar-refractivity contribution < 1.29 is 0 Å². The molecule has 0 nitrogen and oxygen atoms in total. The average molecular weight is 383 g/mol. The normalized spacial score (nSPS) is 11.7. The molecule has 0 aromatic heterocycles. The summed E-state index contributed by atoms with van der Waals surface area (Å²) in [7, 11) is 0. The van der Waals surface area contributed by atoms with Crippen molar-refractivity contribution in [1.29, 1.82) is 0 Å². The standard InChI is InChI=1S/C30H22/c1-19-7-5-9-21(13-19)23-15-25-16-24(22-10-6-8-20(2)14-22)18-29-27-12-4-3-11-26(27)28(17-23)30(25)29/h3-18H,1-2H3. The molecule has 0 heterocycles. The van der Waals surface area contributed by atoms with E-state index in [4.69, 9.17) is 0 Å². The van der Waals surface area contributed by atoms with Crippen molar-refractivity contribution in [2.24, 2.45) is 0 Å². The smallest absolute Gasteiger partial charge is 0.00255 e. The Hall–Kier alpha value is -3.64. The third kappa shape index (κ3) is 2.61. The van der Waals surface area contributed by atoms with Crippen LogP contribution >= 0.6 is 0 Å². The van der Waals surface area contributed by atoms with Crippen molar-refractivity contribution in [3.8, 4) is 44.5 Å². The number of fused-ring (bicyclic) bond motifs is 3. The average Bonchev–Trinajstić information content (AvgIpc) is 3.09. The van der Waals surface area contributed by atoms with Crippen LogP contribution in [0, 0.1) is 13.8 Å². The summed E-state index contributed by atoms with van der Waals surface area (Å²) in [4.78, 5) is 0. The van der Waals surface area contributed by atoms with Gasteiger partial charge in [-0.2, -0.15) is 0 Å². The molecule has 1 aliphatic rings. The molecule has 0 saturated heterocycles. The summed E-state index contributed by atoms with van der Waals surface area (Å²) in [6.45, 7) is 4.32. The highest BCUT2D eigenvalue weighted by Gasteiger charge is 2.23. The molecule has 0 saturated carbocycles. The Morgan fingerprint density at radius 2 is 0.900 bits per heavy atom. The first-order chi connectivity index (χ1) is 14.7. The van der Waals surface area contributed by atoms with Gasteiger partial charge in [0.2, 0.25) is 0 Å². The van der Waals surface area contributed by atoms with Gasteiger partial charge in [0.15, 0.2) is 0 Å². The van der Waals surface area contributed by atoms with Crippen LogP contribution in [-0.2, 0) is 0 Å². The van der Waals surface area contributed by atoms with Gasteiger partial charge in [0.1, 0.15) is 0 Å². The molecule has 0 atom stereocenters. The van der Waals surface area contributed by atoms with Crippen LogP contribution in [-0.4, -0.2) is 0 Å². The molecule has 142 valence electrons. The Morgan fingerprint density at radius 1 is 0.400 bits per heavy atom. The molecule has 30 heavy (non-hydrogen) atoms. The lowest BCUT2D eigenvalue weighted by Gasteiger charge is -2.11. The highest BCUT2D eigenvalue weighted by molar-refractivity contribution is 6.17. The summed E-state index contributed by atoms with van der Waals surface area (Å²) < 4.78 is 0. The van der Waals surface area contributed by atoms with Gasteiger partial charge in [-0.15, -0.1) is 0 Å². The van der Waals surface area contributed by atoms with E-state index in [2.05, 4.69) is 111 Å². The summed E-state index contributed by atoms with van der Waals surface area (Å²) in [6.07, 6.45) is 0. The molecule has 0 bridgehead atoms. The number of aryl methyl sites for hydroxylation is 2. The number of hydrogen-bond acceptors (Lipinski definition) is 0. The molecule has 5 aromatic rings. The van der Waals surface area contributed by atoms with Crippen molar-refractivity contribution in [1.82, 2.24) is 0 Å². The topological polar surface area (TPSA) is 0 Å². The highest BCUT2D eigenvalue weighted by atomic mass is 14.3. The van der Waals surface area contributed by atoms with Crippen molar-refractivity contribution in [3.63, 3.8) is 0 Å². The monoisotopic (exact) mass is 382 g/mol. The maximum Gasteiger partial charge on any atom is -0.00255 e. The van der Waals surface area contributed by atoms with Crippen molar-refractivity contribution >= 4 is 10.8 Å². The van der Waals surface area contributed by atoms with Crippen LogP contribution in [0.3, 0.4) is 0 Å². The summed E-state index contributed by atoms with van der Waals surface area (Å²) in [5, 5.41) is 2.69. The summed E-state index contributed by atoms with van der Waals surface area (Å²) in [6, 6.07) is 35.9. The zero-order valence-electron chi connectivity index (χ0n) is 17.2. The van der Waals surface area contributed by atoms with Crippen molar-refractivity contribution in [3.05, 3.63) is 108 Å². The first kappa shape index (κ1) is 17.2. The van der Waals surface area contributed by atoms with Gasteiger partial charge >= 0.3 is 0 Å². The van der Waals surface area contributed by atoms with Gasteiger partial charge in [-0.25, -0.2) is 0 Å². The summed E-state index contributed by atoms with van der Waals surface area (Å²) >= 11 is 0. The van der Waals surface area contributed by atoms with Gasteiger partial charge in [0.25, 0.3) is 0 Å². The van der Waals surface area contributed by atoms with E-state index in [1.165, 1.54) is 66.4 Å². The largest absolute Gasteiger partial charge is 0.0616 e. The third-order valence-corrected chi connectivity index (χ3v) is 6.26. The van der Waals surface area contributed by atoms with E-state index in [1.807, 2.05) is 0 Å². The van der Waals surface area contributed by atoms with Gasteiger partial charge in [0, 0.05) is 0 Å². The molecule has 1 aliphatic carbocycles. The summed E-state index contributed by atoms with van der Waals surface area (Å²) in [5.41, 5.74) is 13.1. The molecule has 0 heteroatoms. The van der Waals surface area contributed by atoms with E-state index < -0.39 is 0 Å². The molecule has 0 fully saturated rings. The van der Waals surface area contributed by atoms with Crippen LogP contribution in [0.4, 0.5) is 0 Å². The second-order valence-corrected chi connectivity index (χ2v) is 8.43. The van der Waals surface area contributed by atoms with Crippen LogP contribution in [0.25, 0.3) is 55.3 Å². The van der Waals surface area contributed by atoms with Crippen molar-refractivity contribution in [2.75, 3.05) is 0 Å². The Balaban J connectivity index is 1.69. The highest BCUT2D eigenvalue weighted by Crippen LogP contribution is 2.50. The maximum atomic E-state index is 2.37. The van der Waals surface area contributed by atoms with E-state index in [1.54, 1.807) is 0 Å². The lowest BCUT2D eigenvalue weighted by atomic mass is 9.92. The second kappa shape index (κ2) is 6.43. The van der Waals surface area contributed by atoms with E-state index in [0.29, 0.717) is 0 Å². The fraction of sp³-hybridized carbons (Fsp3) is 0.0667. The molecular weight excluding hydrogens is 360 g/mol. The molecule has 0 radical (unpaired) electrons. The minimum atomic E-state index is 1.28. The lowest BCUT2D eigenvalue weighted by Crippen LogP contribution is -1.85. The SMILES string of the molecule is Cc1cccc(-c2cc3c4c(cc(-c5cccc(C)c5)cc4c2)-c2ccccc2-3)c1. The Morgan fingerprint density at radius 3 is 1.37 bits per heavy atom. The van der Waals surface area contributed by atoms with Crippen molar-refractivity contribution in [2.45, 2.75) is 13.8 Å². The van der Waals surface area contributed by atoms with Gasteiger partial charge in [-0.1, -0.05) is 83.9 Å². The van der Waals surface area contributed by atoms with Gasteiger partial charge in [0.05, 0.1) is 0 Å².